The van der Waals surface area contributed by atoms with Crippen molar-refractivity contribution in [2.45, 2.75) is 34.2 Å². The first kappa shape index (κ1) is 29.2. The number of rotatable bonds is 9. The third kappa shape index (κ3) is 6.10. The Balaban J connectivity index is 1.19. The molecule has 2 amide bonds. The van der Waals surface area contributed by atoms with E-state index < -0.39 is 0 Å². The molecule has 1 aromatic carbocycles. The van der Waals surface area contributed by atoms with Crippen LogP contribution in [0.5, 0.6) is 0 Å². The van der Waals surface area contributed by atoms with E-state index in [9.17, 15) is 9.59 Å². The number of aromatic nitrogens is 6. The Hall–Kier alpha value is -4.88. The summed E-state index contributed by atoms with van der Waals surface area (Å²) in [7, 11) is 0. The summed E-state index contributed by atoms with van der Waals surface area (Å²) in [4.78, 5) is 37.2. The van der Waals surface area contributed by atoms with Crippen LogP contribution in [-0.2, 0) is 16.1 Å². The van der Waals surface area contributed by atoms with Gasteiger partial charge in [0.05, 0.1) is 25.1 Å². The van der Waals surface area contributed by atoms with Crippen LogP contribution in [0, 0.1) is 27.7 Å². The maximum atomic E-state index is 13.5. The highest BCUT2D eigenvalue weighted by Crippen LogP contribution is 2.28. The van der Waals surface area contributed by atoms with E-state index in [-0.39, 0.29) is 18.4 Å². The van der Waals surface area contributed by atoms with Gasteiger partial charge in [-0.25, -0.2) is 4.98 Å². The van der Waals surface area contributed by atoms with E-state index in [1.54, 1.807) is 22.2 Å². The van der Waals surface area contributed by atoms with Crippen molar-refractivity contribution in [2.24, 2.45) is 0 Å². The first-order chi connectivity index (χ1) is 21.3. The highest BCUT2D eigenvalue weighted by atomic mass is 16.5. The SMILES string of the molecule is Cc1nc(-c2ccc(C)c(NC(=O)c3cnc4ccc(-c5c(C)nn(CC(=O)NCCN6CCOCC6)c5C)cn34)c2)no1. The Labute approximate surface area is 254 Å². The summed E-state index contributed by atoms with van der Waals surface area (Å²) in [5, 5.41) is 14.7. The summed E-state index contributed by atoms with van der Waals surface area (Å²) in [6.07, 6.45) is 3.44. The van der Waals surface area contributed by atoms with E-state index in [1.165, 1.54) is 0 Å². The number of aryl methyl sites for hydroxylation is 3. The molecule has 1 aliphatic rings. The molecule has 0 bridgehead atoms. The number of hydrogen-bond acceptors (Lipinski definition) is 9. The van der Waals surface area contributed by atoms with Crippen LogP contribution in [-0.4, -0.2) is 85.4 Å². The minimum atomic E-state index is -0.308. The monoisotopic (exact) mass is 597 g/mol. The van der Waals surface area contributed by atoms with Crippen LogP contribution in [0.1, 0.15) is 33.3 Å². The second-order valence-electron chi connectivity index (χ2n) is 10.9. The smallest absolute Gasteiger partial charge is 0.274 e. The summed E-state index contributed by atoms with van der Waals surface area (Å²) in [6.45, 7) is 12.2. The molecule has 0 spiro atoms. The van der Waals surface area contributed by atoms with Crippen molar-refractivity contribution in [3.05, 3.63) is 71.3 Å². The van der Waals surface area contributed by atoms with E-state index >= 15 is 0 Å². The van der Waals surface area contributed by atoms with E-state index in [1.807, 2.05) is 57.3 Å². The van der Waals surface area contributed by atoms with Crippen LogP contribution in [0.2, 0.25) is 0 Å². The zero-order valence-electron chi connectivity index (χ0n) is 25.3. The highest BCUT2D eigenvalue weighted by Gasteiger charge is 2.19. The van der Waals surface area contributed by atoms with Gasteiger partial charge in [-0.3, -0.25) is 23.6 Å². The lowest BCUT2D eigenvalue weighted by molar-refractivity contribution is -0.121. The van der Waals surface area contributed by atoms with E-state index in [4.69, 9.17) is 9.26 Å². The molecule has 228 valence electrons. The summed E-state index contributed by atoms with van der Waals surface area (Å²) < 4.78 is 14.0. The fraction of sp³-hybridized carbons (Fsp3) is 0.355. The lowest BCUT2D eigenvalue weighted by Gasteiger charge is -2.26. The standard InChI is InChI=1S/C31H35N9O4/c1-19-5-6-23(30-34-22(4)44-37-30)15-25(19)35-31(42)26-16-33-27-8-7-24(17-39(26)27)29-20(2)36-40(21(29)3)18-28(41)32-9-10-38-11-13-43-14-12-38/h5-8,15-17H,9-14,18H2,1-4H3,(H,32,41)(H,35,42). The Morgan fingerprint density at radius 3 is 2.59 bits per heavy atom. The molecule has 0 unspecified atom stereocenters. The van der Waals surface area contributed by atoms with Crippen LogP contribution in [0.4, 0.5) is 5.69 Å². The molecule has 6 rings (SSSR count). The maximum absolute atomic E-state index is 13.5. The van der Waals surface area contributed by atoms with Gasteiger partial charge in [0, 0.05) is 67.4 Å². The predicted molar refractivity (Wildman–Crippen MR) is 163 cm³/mol. The minimum Gasteiger partial charge on any atom is -0.379 e. The van der Waals surface area contributed by atoms with Crippen molar-refractivity contribution in [3.63, 3.8) is 0 Å². The van der Waals surface area contributed by atoms with Crippen molar-refractivity contribution in [1.29, 1.82) is 0 Å². The fourth-order valence-corrected chi connectivity index (χ4v) is 5.43. The zero-order valence-corrected chi connectivity index (χ0v) is 25.3. The average Bonchev–Trinajstić information content (AvgIpc) is 3.71. The number of ether oxygens (including phenoxy) is 1. The molecular formula is C31H35N9O4. The second-order valence-corrected chi connectivity index (χ2v) is 10.9. The molecule has 0 aliphatic carbocycles. The number of morpholine rings is 1. The Morgan fingerprint density at radius 2 is 1.82 bits per heavy atom. The van der Waals surface area contributed by atoms with E-state index in [0.717, 1.165) is 66.5 Å². The largest absolute Gasteiger partial charge is 0.379 e. The maximum Gasteiger partial charge on any atom is 0.274 e. The lowest BCUT2D eigenvalue weighted by Crippen LogP contribution is -2.41. The van der Waals surface area contributed by atoms with Crippen molar-refractivity contribution in [3.8, 4) is 22.5 Å². The van der Waals surface area contributed by atoms with Gasteiger partial charge in [0.15, 0.2) is 0 Å². The molecule has 2 N–H and O–H groups in total. The summed E-state index contributed by atoms with van der Waals surface area (Å²) >= 11 is 0. The first-order valence-corrected chi connectivity index (χ1v) is 14.6. The predicted octanol–water partition coefficient (Wildman–Crippen LogP) is 3.18. The molecular weight excluding hydrogens is 562 g/mol. The Bertz CT molecular complexity index is 1830. The second kappa shape index (κ2) is 12.4. The number of anilines is 1. The molecule has 13 nitrogen and oxygen atoms in total. The highest BCUT2D eigenvalue weighted by molar-refractivity contribution is 6.04. The van der Waals surface area contributed by atoms with Crippen molar-refractivity contribution in [2.75, 3.05) is 44.7 Å². The van der Waals surface area contributed by atoms with Gasteiger partial charge in [0.25, 0.3) is 5.91 Å². The fourth-order valence-electron chi connectivity index (χ4n) is 5.43. The van der Waals surface area contributed by atoms with Crippen LogP contribution in [0.15, 0.2) is 47.2 Å². The van der Waals surface area contributed by atoms with Gasteiger partial charge < -0.3 is 19.9 Å². The summed E-state index contributed by atoms with van der Waals surface area (Å²) in [6, 6.07) is 9.43. The molecule has 0 radical (unpaired) electrons. The first-order valence-electron chi connectivity index (χ1n) is 14.6. The van der Waals surface area contributed by atoms with Crippen LogP contribution in [0.3, 0.4) is 0 Å². The number of carbonyl (C=O) groups is 2. The third-order valence-corrected chi connectivity index (χ3v) is 7.83. The molecule has 44 heavy (non-hydrogen) atoms. The van der Waals surface area contributed by atoms with Gasteiger partial charge in [-0.15, -0.1) is 0 Å². The third-order valence-electron chi connectivity index (χ3n) is 7.83. The molecule has 4 aromatic heterocycles. The molecule has 13 heteroatoms. The normalized spacial score (nSPS) is 13.8. The quantitative estimate of drug-likeness (QED) is 0.262. The number of nitrogens with one attached hydrogen (secondary N) is 2. The lowest BCUT2D eigenvalue weighted by atomic mass is 10.1. The van der Waals surface area contributed by atoms with Crippen molar-refractivity contribution < 1.29 is 18.8 Å². The zero-order chi connectivity index (χ0) is 30.8. The van der Waals surface area contributed by atoms with E-state index in [2.05, 4.69) is 35.8 Å². The number of imidazole rings is 1. The van der Waals surface area contributed by atoms with Gasteiger partial charge in [0.1, 0.15) is 17.9 Å². The van der Waals surface area contributed by atoms with Gasteiger partial charge in [-0.05, 0) is 44.5 Å². The summed E-state index contributed by atoms with van der Waals surface area (Å²) in [5.74, 6) is 0.519. The van der Waals surface area contributed by atoms with Crippen LogP contribution in [0.25, 0.3) is 28.2 Å². The van der Waals surface area contributed by atoms with E-state index in [0.29, 0.717) is 35.3 Å². The molecule has 5 aromatic rings. The molecule has 0 atom stereocenters. The number of carbonyl (C=O) groups excluding carboxylic acids is 2. The average molecular weight is 598 g/mol. The number of amides is 2. The Kier molecular flexibility index (Phi) is 8.22. The van der Waals surface area contributed by atoms with Crippen LogP contribution < -0.4 is 10.6 Å². The topological polar surface area (TPSA) is 145 Å². The van der Waals surface area contributed by atoms with Gasteiger partial charge in [-0.2, -0.15) is 10.1 Å². The molecule has 0 saturated carbocycles. The molecule has 1 aliphatic heterocycles. The number of hydrogen-bond donors (Lipinski definition) is 2. The van der Waals surface area contributed by atoms with Crippen molar-refractivity contribution in [1.82, 2.24) is 39.5 Å². The van der Waals surface area contributed by atoms with Crippen molar-refractivity contribution >= 4 is 23.1 Å². The summed E-state index contributed by atoms with van der Waals surface area (Å²) in [5.41, 5.74) is 6.70. The molecule has 1 fully saturated rings. The minimum absolute atomic E-state index is 0.0896. The number of fused-ring (bicyclic) bond motifs is 1. The van der Waals surface area contributed by atoms with Gasteiger partial charge in [0.2, 0.25) is 17.6 Å². The number of nitrogens with zero attached hydrogens (tertiary/aromatic N) is 7. The molecule has 1 saturated heterocycles. The Morgan fingerprint density at radius 1 is 1.02 bits per heavy atom. The van der Waals surface area contributed by atoms with Gasteiger partial charge in [-0.1, -0.05) is 17.3 Å². The van der Waals surface area contributed by atoms with Crippen LogP contribution >= 0.6 is 0 Å². The number of benzene rings is 1. The van der Waals surface area contributed by atoms with Gasteiger partial charge >= 0.3 is 0 Å². The molecule has 5 heterocycles. The number of pyridine rings is 1.